The first-order valence-corrected chi connectivity index (χ1v) is 19.3. The van der Waals surface area contributed by atoms with Crippen molar-refractivity contribution < 1.29 is 23.9 Å². The number of carbonyl (C=O) groups excluding carboxylic acids is 3. The maximum Gasteiger partial charge on any atom is 0.335 e. The molecule has 3 aliphatic rings. The van der Waals surface area contributed by atoms with E-state index in [1.165, 1.54) is 17.2 Å². The number of hydrogen-bond donors (Lipinski definition) is 1. The van der Waals surface area contributed by atoms with Crippen LogP contribution in [0.2, 0.25) is 15.1 Å². The molecule has 8 nitrogen and oxygen atoms in total. The molecule has 1 fully saturated rings. The number of halogens is 3. The van der Waals surface area contributed by atoms with Crippen LogP contribution in [0.25, 0.3) is 6.08 Å². The minimum atomic E-state index is -0.812. The number of benzene rings is 5. The molecular formula is C44H36Cl3N3O5. The summed E-state index contributed by atoms with van der Waals surface area (Å²) in [6, 6.07) is 32.0. The lowest BCUT2D eigenvalue weighted by Crippen LogP contribution is -2.54. The van der Waals surface area contributed by atoms with Gasteiger partial charge in [-0.25, -0.2) is 9.69 Å². The Morgan fingerprint density at radius 2 is 1.40 bits per heavy atom. The van der Waals surface area contributed by atoms with Gasteiger partial charge in [0, 0.05) is 46.2 Å². The number of amides is 4. The van der Waals surface area contributed by atoms with Crippen LogP contribution in [0.1, 0.15) is 65.0 Å². The molecule has 0 radical (unpaired) electrons. The molecule has 55 heavy (non-hydrogen) atoms. The van der Waals surface area contributed by atoms with Gasteiger partial charge < -0.3 is 14.4 Å². The summed E-state index contributed by atoms with van der Waals surface area (Å²) in [4.78, 5) is 45.0. The molecule has 1 saturated heterocycles. The summed E-state index contributed by atoms with van der Waals surface area (Å²) in [5.74, 6) is -0.880. The van der Waals surface area contributed by atoms with Crippen molar-refractivity contribution >= 4 is 70.1 Å². The van der Waals surface area contributed by atoms with Gasteiger partial charge in [-0.05, 0) is 90.1 Å². The second-order valence-electron chi connectivity index (χ2n) is 13.7. The number of ether oxygens (including phenoxy) is 2. The molecule has 3 heterocycles. The molecule has 11 heteroatoms. The summed E-state index contributed by atoms with van der Waals surface area (Å²) < 4.78 is 11.9. The van der Waals surface area contributed by atoms with Crippen LogP contribution >= 0.6 is 34.8 Å². The fraction of sp³-hybridized carbons (Fsp3) is 0.205. The van der Waals surface area contributed by atoms with Gasteiger partial charge in [-0.2, -0.15) is 0 Å². The van der Waals surface area contributed by atoms with Crippen LogP contribution in [0.4, 0.5) is 16.2 Å². The Bertz CT molecular complexity index is 2280. The van der Waals surface area contributed by atoms with Crippen LogP contribution in [-0.2, 0) is 16.2 Å². The molecule has 0 aliphatic carbocycles. The highest BCUT2D eigenvalue weighted by molar-refractivity contribution is 6.39. The number of nitrogens with one attached hydrogen (secondary N) is 1. The van der Waals surface area contributed by atoms with Gasteiger partial charge in [-0.1, -0.05) is 102 Å². The minimum Gasteiger partial charge on any atom is -0.490 e. The van der Waals surface area contributed by atoms with Crippen LogP contribution < -0.4 is 24.6 Å². The fourth-order valence-electron chi connectivity index (χ4n) is 7.89. The molecule has 8 rings (SSSR count). The largest absolute Gasteiger partial charge is 0.490 e. The molecule has 5 aromatic rings. The van der Waals surface area contributed by atoms with Gasteiger partial charge >= 0.3 is 6.03 Å². The maximum atomic E-state index is 14.4. The summed E-state index contributed by atoms with van der Waals surface area (Å²) in [5.41, 5.74) is 6.86. The Morgan fingerprint density at radius 1 is 0.764 bits per heavy atom. The van der Waals surface area contributed by atoms with Crippen LogP contribution in [0.15, 0.2) is 109 Å². The molecular weight excluding hydrogens is 757 g/mol. The highest BCUT2D eigenvalue weighted by Crippen LogP contribution is 2.50. The van der Waals surface area contributed by atoms with Gasteiger partial charge in [-0.3, -0.25) is 14.9 Å². The molecule has 3 aliphatic heterocycles. The van der Waals surface area contributed by atoms with E-state index >= 15 is 0 Å². The average molecular weight is 793 g/mol. The summed E-state index contributed by atoms with van der Waals surface area (Å²) in [6.45, 7) is 4.00. The van der Waals surface area contributed by atoms with Crippen LogP contribution in [0, 0.1) is 0 Å². The summed E-state index contributed by atoms with van der Waals surface area (Å²) in [6.07, 6.45) is 3.18. The topological polar surface area (TPSA) is 88.2 Å². The fourth-order valence-corrected chi connectivity index (χ4v) is 8.63. The zero-order valence-electron chi connectivity index (χ0n) is 29.9. The molecule has 0 saturated carbocycles. The minimum absolute atomic E-state index is 0.0517. The SMILES string of the molecule is CCOc1cc(/C=C2\C(=O)NC(=O)N(c3cc4c5c(c3)[C@H](c3ccccc3)CCN5CC[C@@H]4c3ccccc3)C2=O)cc(Cl)c1OCc1ccc(Cl)cc1Cl. The molecule has 0 aromatic heterocycles. The number of barbiturate groups is 1. The Morgan fingerprint density at radius 3 is 2.00 bits per heavy atom. The van der Waals surface area contributed by atoms with E-state index in [2.05, 4.69) is 34.5 Å². The number of urea groups is 1. The lowest BCUT2D eigenvalue weighted by molar-refractivity contribution is -0.122. The molecule has 1 N–H and O–H groups in total. The molecule has 278 valence electrons. The third kappa shape index (κ3) is 7.18. The van der Waals surface area contributed by atoms with Crippen molar-refractivity contribution in [3.63, 3.8) is 0 Å². The summed E-state index contributed by atoms with van der Waals surface area (Å²) in [5, 5.41) is 3.54. The number of hydrogen-bond acceptors (Lipinski definition) is 6. The normalized spacial score (nSPS) is 18.6. The van der Waals surface area contributed by atoms with E-state index in [9.17, 15) is 14.4 Å². The first kappa shape index (κ1) is 36.7. The second-order valence-corrected chi connectivity index (χ2v) is 15.0. The van der Waals surface area contributed by atoms with Crippen LogP contribution in [0.3, 0.4) is 0 Å². The van der Waals surface area contributed by atoms with Gasteiger partial charge in [0.25, 0.3) is 11.8 Å². The molecule has 5 aromatic carbocycles. The van der Waals surface area contributed by atoms with Gasteiger partial charge in [0.2, 0.25) is 0 Å². The number of imide groups is 2. The van der Waals surface area contributed by atoms with Gasteiger partial charge in [0.05, 0.1) is 17.3 Å². The van der Waals surface area contributed by atoms with Gasteiger partial charge in [0.1, 0.15) is 12.2 Å². The Balaban J connectivity index is 1.18. The third-order valence-electron chi connectivity index (χ3n) is 10.4. The van der Waals surface area contributed by atoms with Gasteiger partial charge in [0.15, 0.2) is 11.5 Å². The van der Waals surface area contributed by atoms with E-state index in [0.717, 1.165) is 47.6 Å². The lowest BCUT2D eigenvalue weighted by atomic mass is 9.76. The first-order valence-electron chi connectivity index (χ1n) is 18.2. The van der Waals surface area contributed by atoms with Crippen molar-refractivity contribution in [2.24, 2.45) is 0 Å². The Hall–Kier alpha value is -5.28. The predicted molar refractivity (Wildman–Crippen MR) is 217 cm³/mol. The highest BCUT2D eigenvalue weighted by Gasteiger charge is 2.40. The van der Waals surface area contributed by atoms with E-state index in [4.69, 9.17) is 44.3 Å². The molecule has 0 bridgehead atoms. The Labute approximate surface area is 334 Å². The molecule has 2 atom stereocenters. The van der Waals surface area contributed by atoms with E-state index in [0.29, 0.717) is 39.2 Å². The van der Waals surface area contributed by atoms with E-state index in [-0.39, 0.29) is 34.8 Å². The summed E-state index contributed by atoms with van der Waals surface area (Å²) in [7, 11) is 0. The number of rotatable bonds is 9. The van der Waals surface area contributed by atoms with Gasteiger partial charge in [-0.15, -0.1) is 0 Å². The first-order chi connectivity index (χ1) is 26.7. The maximum absolute atomic E-state index is 14.4. The number of nitrogens with zero attached hydrogens (tertiary/aromatic N) is 2. The third-order valence-corrected chi connectivity index (χ3v) is 11.3. The highest BCUT2D eigenvalue weighted by atomic mass is 35.5. The zero-order chi connectivity index (χ0) is 38.2. The molecule has 0 spiro atoms. The zero-order valence-corrected chi connectivity index (χ0v) is 32.1. The second kappa shape index (κ2) is 15.5. The summed E-state index contributed by atoms with van der Waals surface area (Å²) >= 11 is 19.2. The monoisotopic (exact) mass is 791 g/mol. The number of carbonyl (C=O) groups is 3. The van der Waals surface area contributed by atoms with Crippen molar-refractivity contribution in [1.82, 2.24) is 5.32 Å². The smallest absolute Gasteiger partial charge is 0.335 e. The standard InChI is InChI=1S/C44H36Cl3N3O5/c1-2-54-39-21-26(20-38(47)41(39)55-25-29-13-14-30(45)22-37(29)46)19-36-42(51)48-44(53)50(43(36)52)31-23-34-32(27-9-5-3-6-10-27)15-17-49-18-16-33(35(24-31)40(34)49)28-11-7-4-8-12-28/h3-14,19-24,32-33H,2,15-18,25H2,1H3,(H,48,51,53)/b36-19+/t32-,33+. The van der Waals surface area contributed by atoms with Crippen molar-refractivity contribution in [3.05, 3.63) is 157 Å². The van der Waals surface area contributed by atoms with E-state index < -0.39 is 17.8 Å². The quantitative estimate of drug-likeness (QED) is 0.118. The van der Waals surface area contributed by atoms with Crippen molar-refractivity contribution in [3.8, 4) is 11.5 Å². The number of anilines is 2. The van der Waals surface area contributed by atoms with Crippen molar-refractivity contribution in [2.45, 2.75) is 38.2 Å². The van der Waals surface area contributed by atoms with Crippen molar-refractivity contribution in [1.29, 1.82) is 0 Å². The van der Waals surface area contributed by atoms with E-state index in [1.807, 2.05) is 55.5 Å². The molecule has 4 amide bonds. The van der Waals surface area contributed by atoms with Crippen LogP contribution in [0.5, 0.6) is 11.5 Å². The average Bonchev–Trinajstić information content (AvgIpc) is 3.18. The predicted octanol–water partition coefficient (Wildman–Crippen LogP) is 10.2. The van der Waals surface area contributed by atoms with E-state index in [1.54, 1.807) is 30.3 Å². The Kier molecular flexibility index (Phi) is 10.3. The lowest BCUT2D eigenvalue weighted by Gasteiger charge is -2.44. The van der Waals surface area contributed by atoms with Crippen LogP contribution in [-0.4, -0.2) is 37.5 Å². The molecule has 0 unspecified atom stereocenters. The van der Waals surface area contributed by atoms with Crippen molar-refractivity contribution in [2.75, 3.05) is 29.5 Å².